The van der Waals surface area contributed by atoms with E-state index in [0.717, 1.165) is 0 Å². The van der Waals surface area contributed by atoms with Crippen molar-refractivity contribution in [3.8, 4) is 0 Å². The summed E-state index contributed by atoms with van der Waals surface area (Å²) in [6.07, 6.45) is 1.98. The second-order valence-corrected chi connectivity index (χ2v) is 8.33. The first-order chi connectivity index (χ1) is 7.49. The van der Waals surface area contributed by atoms with E-state index in [9.17, 15) is 0 Å². The van der Waals surface area contributed by atoms with Gasteiger partial charge in [0.2, 0.25) is 0 Å². The van der Waals surface area contributed by atoms with Crippen molar-refractivity contribution < 1.29 is 20.8 Å². The first-order valence-electron chi connectivity index (χ1n) is 5.03. The van der Waals surface area contributed by atoms with Crippen LogP contribution in [0.3, 0.4) is 0 Å². The molecule has 0 unspecified atom stereocenters. The minimum absolute atomic E-state index is 0.242. The third kappa shape index (κ3) is 3.91. The summed E-state index contributed by atoms with van der Waals surface area (Å²) in [5.74, 6) is 0. The van der Waals surface area contributed by atoms with Gasteiger partial charge in [-0.05, 0) is 34.6 Å². The van der Waals surface area contributed by atoms with Gasteiger partial charge in [0.15, 0.2) is 0 Å². The second kappa shape index (κ2) is 6.24. The van der Waals surface area contributed by atoms with E-state index in [1.807, 2.05) is 6.20 Å². The molecule has 2 aromatic rings. The number of hydrogen-bond acceptors (Lipinski definition) is 0. The number of halogens is 2. The number of hydrogen-bond donors (Lipinski definition) is 1. The minimum atomic E-state index is -0.826. The van der Waals surface area contributed by atoms with Gasteiger partial charge in [0.1, 0.15) is 0 Å². The van der Waals surface area contributed by atoms with Gasteiger partial charge in [-0.1, -0.05) is 26.8 Å². The molecule has 86 valence electrons. The molecule has 0 amide bonds. The van der Waals surface area contributed by atoms with Crippen LogP contribution in [0, 0.1) is 0 Å². The molecule has 4 heteroatoms. The molecule has 0 saturated heterocycles. The van der Waals surface area contributed by atoms with Crippen molar-refractivity contribution >= 4 is 27.9 Å². The average Bonchev–Trinajstić information content (AvgIpc) is 2.63. The molecule has 0 radical (unpaired) electrons. The van der Waals surface area contributed by atoms with Crippen molar-refractivity contribution in [2.45, 2.75) is 26.2 Å². The molecule has 0 saturated carbocycles. The molecule has 0 spiro atoms. The zero-order valence-corrected chi connectivity index (χ0v) is 13.6. The third-order valence-electron chi connectivity index (χ3n) is 2.42. The average molecular weight is 335 g/mol. The maximum absolute atomic E-state index is 4.93. The Morgan fingerprint density at radius 1 is 1.12 bits per heavy atom. The van der Waals surface area contributed by atoms with E-state index in [0.29, 0.717) is 0 Å². The monoisotopic (exact) mass is 333 g/mol. The molecule has 1 N–H and O–H groups in total. The van der Waals surface area contributed by atoms with Gasteiger partial charge in [-0.15, -0.1) is 0 Å². The SMILES string of the molecule is CC(C)(C)c1ccc2[nH]ccc2c1.[Cl][Zr][Cl]. The predicted molar refractivity (Wildman–Crippen MR) is 68.7 cm³/mol. The zero-order chi connectivity index (χ0) is 12.2. The molecule has 0 aliphatic heterocycles. The van der Waals surface area contributed by atoms with Crippen LogP contribution in [0.15, 0.2) is 30.5 Å². The summed E-state index contributed by atoms with van der Waals surface area (Å²) in [5, 5.41) is 1.30. The van der Waals surface area contributed by atoms with Gasteiger partial charge in [-0.3, -0.25) is 0 Å². The summed E-state index contributed by atoms with van der Waals surface area (Å²) in [6.45, 7) is 6.71. The van der Waals surface area contributed by atoms with E-state index in [2.05, 4.69) is 50.0 Å². The van der Waals surface area contributed by atoms with Crippen LogP contribution >= 0.6 is 17.0 Å². The van der Waals surface area contributed by atoms with E-state index in [-0.39, 0.29) is 5.41 Å². The van der Waals surface area contributed by atoms with E-state index < -0.39 is 20.8 Å². The number of rotatable bonds is 0. The molecular formula is C12H15Cl2NZr. The Balaban J connectivity index is 0.000000386. The summed E-state index contributed by atoms with van der Waals surface area (Å²) < 4.78 is 0. The van der Waals surface area contributed by atoms with Crippen LogP contribution in [-0.4, -0.2) is 4.98 Å². The van der Waals surface area contributed by atoms with Crippen LogP contribution in [0.2, 0.25) is 0 Å². The van der Waals surface area contributed by atoms with Gasteiger partial charge in [-0.2, -0.15) is 0 Å². The second-order valence-electron chi connectivity index (χ2n) is 4.60. The molecule has 0 bridgehead atoms. The van der Waals surface area contributed by atoms with Crippen molar-refractivity contribution in [2.24, 2.45) is 0 Å². The van der Waals surface area contributed by atoms with Crippen LogP contribution < -0.4 is 0 Å². The van der Waals surface area contributed by atoms with E-state index in [4.69, 9.17) is 17.0 Å². The number of nitrogens with one attached hydrogen (secondary N) is 1. The first-order valence-corrected chi connectivity index (χ1v) is 11.4. The Morgan fingerprint density at radius 2 is 1.75 bits per heavy atom. The van der Waals surface area contributed by atoms with E-state index in [1.54, 1.807) is 0 Å². The van der Waals surface area contributed by atoms with Crippen LogP contribution in [0.5, 0.6) is 0 Å². The summed E-state index contributed by atoms with van der Waals surface area (Å²) in [7, 11) is 9.87. The molecule has 16 heavy (non-hydrogen) atoms. The van der Waals surface area contributed by atoms with Crippen molar-refractivity contribution in [3.63, 3.8) is 0 Å². The van der Waals surface area contributed by atoms with Gasteiger partial charge in [0.05, 0.1) is 0 Å². The van der Waals surface area contributed by atoms with E-state index >= 15 is 0 Å². The van der Waals surface area contributed by atoms with Crippen molar-refractivity contribution in [2.75, 3.05) is 0 Å². The molecule has 1 aromatic heterocycles. The van der Waals surface area contributed by atoms with Crippen LogP contribution in [0.1, 0.15) is 26.3 Å². The van der Waals surface area contributed by atoms with Crippen LogP contribution in [0.4, 0.5) is 0 Å². The summed E-state index contributed by atoms with van der Waals surface area (Å²) >= 11 is -0.826. The summed E-state index contributed by atoms with van der Waals surface area (Å²) in [6, 6.07) is 8.71. The van der Waals surface area contributed by atoms with Gasteiger partial charge in [0.25, 0.3) is 0 Å². The molecule has 1 aromatic carbocycles. The fourth-order valence-electron chi connectivity index (χ4n) is 1.52. The molecule has 0 aliphatic rings. The molecule has 0 aliphatic carbocycles. The molecule has 2 rings (SSSR count). The Bertz CT molecular complexity index is 445. The van der Waals surface area contributed by atoms with Crippen molar-refractivity contribution in [1.29, 1.82) is 0 Å². The summed E-state index contributed by atoms with van der Waals surface area (Å²) in [4.78, 5) is 3.20. The van der Waals surface area contributed by atoms with Crippen LogP contribution in [-0.2, 0) is 26.3 Å². The molecule has 0 atom stereocenters. The van der Waals surface area contributed by atoms with Gasteiger partial charge >= 0.3 is 37.9 Å². The Morgan fingerprint density at radius 3 is 2.31 bits per heavy atom. The van der Waals surface area contributed by atoms with Crippen molar-refractivity contribution in [3.05, 3.63) is 36.0 Å². The Labute approximate surface area is 115 Å². The molecule has 1 nitrogen and oxygen atoms in total. The molecular weight excluding hydrogens is 320 g/mol. The number of fused-ring (bicyclic) bond motifs is 1. The maximum atomic E-state index is 4.93. The quantitative estimate of drug-likeness (QED) is 0.709. The number of aromatic amines is 1. The van der Waals surface area contributed by atoms with Crippen molar-refractivity contribution in [1.82, 2.24) is 4.98 Å². The van der Waals surface area contributed by atoms with Gasteiger partial charge < -0.3 is 4.98 Å². The first kappa shape index (κ1) is 14.3. The van der Waals surface area contributed by atoms with Crippen LogP contribution in [0.25, 0.3) is 10.9 Å². The zero-order valence-electron chi connectivity index (χ0n) is 9.64. The van der Waals surface area contributed by atoms with Gasteiger partial charge in [-0.25, -0.2) is 0 Å². The third-order valence-corrected chi connectivity index (χ3v) is 2.42. The fourth-order valence-corrected chi connectivity index (χ4v) is 1.52. The Hall–Kier alpha value is 0.223. The van der Waals surface area contributed by atoms with Gasteiger partial charge in [0, 0.05) is 11.7 Å². The standard InChI is InChI=1S/C12H15N.2ClH.Zr/c1-12(2,3)10-4-5-11-9(8-10)6-7-13-11;;;/h4-8,13H,1-3H3;2*1H;/q;;;+2/p-2. The topological polar surface area (TPSA) is 15.8 Å². The number of aromatic nitrogens is 1. The molecule has 0 fully saturated rings. The predicted octanol–water partition coefficient (Wildman–Crippen LogP) is 4.84. The fraction of sp³-hybridized carbons (Fsp3) is 0.333. The summed E-state index contributed by atoms with van der Waals surface area (Å²) in [5.41, 5.74) is 2.85. The number of H-pyrrole nitrogens is 1. The molecule has 1 heterocycles. The van der Waals surface area contributed by atoms with E-state index in [1.165, 1.54) is 16.5 Å². The normalized spacial score (nSPS) is 10.8. The number of benzene rings is 1. The Kier molecular flexibility index (Phi) is 5.57.